The van der Waals surface area contributed by atoms with E-state index in [0.29, 0.717) is 17.8 Å². The minimum Gasteiger partial charge on any atom is -0.351 e. The van der Waals surface area contributed by atoms with Crippen LogP contribution in [0.25, 0.3) is 38.8 Å². The Morgan fingerprint density at radius 3 is 2.49 bits per heavy atom. The summed E-state index contributed by atoms with van der Waals surface area (Å²) < 4.78 is 1.84. The second-order valence-corrected chi connectivity index (χ2v) is 10.6. The van der Waals surface area contributed by atoms with E-state index in [9.17, 15) is 4.79 Å². The van der Waals surface area contributed by atoms with Crippen molar-refractivity contribution in [2.24, 2.45) is 0 Å². The van der Waals surface area contributed by atoms with E-state index >= 15 is 0 Å². The molecular weight excluding hydrogens is 484 g/mol. The van der Waals surface area contributed by atoms with Gasteiger partial charge in [-0.05, 0) is 67.1 Å². The Labute approximate surface area is 229 Å². The topological polar surface area (TPSA) is 66.3 Å². The van der Waals surface area contributed by atoms with Crippen molar-refractivity contribution in [3.8, 4) is 16.9 Å². The third-order valence-electron chi connectivity index (χ3n) is 7.88. The third-order valence-corrected chi connectivity index (χ3v) is 7.88. The van der Waals surface area contributed by atoms with Gasteiger partial charge in [-0.3, -0.25) is 9.69 Å². The Bertz CT molecular complexity index is 1660. The lowest BCUT2D eigenvalue weighted by atomic mass is 10.0. The number of fused-ring (bicyclic) bond motifs is 2. The number of rotatable bonds is 6. The number of aromatic nitrogens is 3. The van der Waals surface area contributed by atoms with E-state index in [1.807, 2.05) is 22.9 Å². The Morgan fingerprint density at radius 1 is 0.897 bits per heavy atom. The number of piperazine rings is 1. The second-order valence-electron chi connectivity index (χ2n) is 10.6. The molecule has 7 heteroatoms. The number of hydrogen-bond acceptors (Lipinski definition) is 5. The van der Waals surface area contributed by atoms with E-state index in [-0.39, 0.29) is 5.91 Å². The van der Waals surface area contributed by atoms with Crippen molar-refractivity contribution >= 4 is 27.7 Å². The van der Waals surface area contributed by atoms with Gasteiger partial charge in [0.2, 0.25) is 0 Å². The van der Waals surface area contributed by atoms with Gasteiger partial charge in [0, 0.05) is 44.8 Å². The zero-order valence-electron chi connectivity index (χ0n) is 22.8. The summed E-state index contributed by atoms with van der Waals surface area (Å²) in [5.41, 5.74) is 6.32. The molecule has 198 valence electrons. The lowest BCUT2D eigenvalue weighted by Crippen LogP contribution is -2.46. The van der Waals surface area contributed by atoms with E-state index in [1.54, 1.807) is 6.20 Å². The molecule has 3 aromatic carbocycles. The van der Waals surface area contributed by atoms with Crippen molar-refractivity contribution in [2.75, 3.05) is 46.3 Å². The second kappa shape index (κ2) is 10.6. The maximum absolute atomic E-state index is 13.6. The van der Waals surface area contributed by atoms with E-state index in [1.165, 1.54) is 16.5 Å². The molecule has 7 nitrogen and oxygen atoms in total. The zero-order chi connectivity index (χ0) is 26.9. The molecule has 39 heavy (non-hydrogen) atoms. The number of pyridine rings is 1. The summed E-state index contributed by atoms with van der Waals surface area (Å²) >= 11 is 0. The van der Waals surface area contributed by atoms with E-state index in [2.05, 4.69) is 89.6 Å². The molecule has 1 aliphatic rings. The highest BCUT2D eigenvalue weighted by atomic mass is 16.1. The first kappa shape index (κ1) is 25.2. The van der Waals surface area contributed by atoms with E-state index in [0.717, 1.165) is 60.4 Å². The Morgan fingerprint density at radius 2 is 1.69 bits per heavy atom. The molecule has 1 amide bonds. The molecule has 1 fully saturated rings. The highest BCUT2D eigenvalue weighted by molar-refractivity contribution is 6.07. The number of carbonyl (C=O) groups is 1. The Hall–Kier alpha value is -4.07. The van der Waals surface area contributed by atoms with Crippen molar-refractivity contribution in [2.45, 2.75) is 13.8 Å². The first-order valence-corrected chi connectivity index (χ1v) is 13.6. The maximum atomic E-state index is 13.6. The fourth-order valence-corrected chi connectivity index (χ4v) is 5.23. The quantitative estimate of drug-likeness (QED) is 0.349. The molecule has 0 spiro atoms. The van der Waals surface area contributed by atoms with Crippen LogP contribution < -0.4 is 5.32 Å². The predicted octanol–water partition coefficient (Wildman–Crippen LogP) is 4.83. The molecule has 5 aromatic rings. The number of nitrogens with zero attached hydrogens (tertiary/aromatic N) is 5. The highest BCUT2D eigenvalue weighted by Crippen LogP contribution is 2.29. The predicted molar refractivity (Wildman–Crippen MR) is 158 cm³/mol. The Kier molecular flexibility index (Phi) is 6.85. The first-order chi connectivity index (χ1) is 19.0. The van der Waals surface area contributed by atoms with Crippen LogP contribution in [-0.4, -0.2) is 76.8 Å². The fraction of sp³-hybridized carbons (Fsp3) is 0.281. The van der Waals surface area contributed by atoms with Crippen LogP contribution in [0.4, 0.5) is 0 Å². The Balaban J connectivity index is 1.38. The van der Waals surface area contributed by atoms with Crippen LogP contribution in [0.15, 0.2) is 72.9 Å². The lowest BCUT2D eigenvalue weighted by Gasteiger charge is -2.32. The van der Waals surface area contributed by atoms with Crippen molar-refractivity contribution in [1.29, 1.82) is 0 Å². The van der Waals surface area contributed by atoms with Gasteiger partial charge in [0.1, 0.15) is 0 Å². The number of likely N-dealkylation sites (N-methyl/N-ethyl adjacent to an activating group) is 1. The third kappa shape index (κ3) is 5.15. The summed E-state index contributed by atoms with van der Waals surface area (Å²) in [6.45, 7) is 9.81. The van der Waals surface area contributed by atoms with Gasteiger partial charge in [-0.2, -0.15) is 5.10 Å². The van der Waals surface area contributed by atoms with Gasteiger partial charge in [0.05, 0.1) is 28.5 Å². The molecule has 0 bridgehead atoms. The molecule has 1 N–H and O–H groups in total. The van der Waals surface area contributed by atoms with E-state index in [4.69, 9.17) is 4.98 Å². The molecule has 3 heterocycles. The first-order valence-electron chi connectivity index (χ1n) is 13.6. The molecule has 0 unspecified atom stereocenters. The highest BCUT2D eigenvalue weighted by Gasteiger charge is 2.19. The van der Waals surface area contributed by atoms with Crippen LogP contribution in [-0.2, 0) is 0 Å². The van der Waals surface area contributed by atoms with Crippen LogP contribution in [0.5, 0.6) is 0 Å². The zero-order valence-corrected chi connectivity index (χ0v) is 22.8. The average Bonchev–Trinajstić information content (AvgIpc) is 3.39. The van der Waals surface area contributed by atoms with Crippen LogP contribution in [0.3, 0.4) is 0 Å². The smallest absolute Gasteiger partial charge is 0.252 e. The number of carbonyl (C=O) groups excluding carboxylic acids is 1. The van der Waals surface area contributed by atoms with E-state index < -0.39 is 0 Å². The number of amides is 1. The average molecular weight is 519 g/mol. The molecule has 0 aliphatic carbocycles. The van der Waals surface area contributed by atoms with Crippen molar-refractivity contribution in [3.63, 3.8) is 0 Å². The van der Waals surface area contributed by atoms with Crippen LogP contribution in [0, 0.1) is 13.8 Å². The van der Waals surface area contributed by atoms with Gasteiger partial charge in [-0.15, -0.1) is 0 Å². The van der Waals surface area contributed by atoms with Gasteiger partial charge >= 0.3 is 0 Å². The minimum absolute atomic E-state index is 0.0989. The summed E-state index contributed by atoms with van der Waals surface area (Å²) in [6, 6.07) is 22.8. The molecule has 1 aliphatic heterocycles. The van der Waals surface area contributed by atoms with Crippen molar-refractivity contribution < 1.29 is 4.79 Å². The molecule has 0 atom stereocenters. The molecule has 0 radical (unpaired) electrons. The number of benzene rings is 3. The van der Waals surface area contributed by atoms with Crippen LogP contribution >= 0.6 is 0 Å². The van der Waals surface area contributed by atoms with Crippen molar-refractivity contribution in [3.05, 3.63) is 89.6 Å². The summed E-state index contributed by atoms with van der Waals surface area (Å²) in [5, 5.41) is 10.9. The molecular formula is C32H34N6O. The van der Waals surface area contributed by atoms with Gasteiger partial charge in [0.15, 0.2) is 5.65 Å². The maximum Gasteiger partial charge on any atom is 0.252 e. The molecule has 1 saturated heterocycles. The number of hydrogen-bond donors (Lipinski definition) is 1. The summed E-state index contributed by atoms with van der Waals surface area (Å²) in [5.74, 6) is -0.0989. The number of aryl methyl sites for hydroxylation is 2. The summed E-state index contributed by atoms with van der Waals surface area (Å²) in [4.78, 5) is 23.4. The standard InChI is InChI=1S/C32H34N6O/c1-22-8-11-27(18-23(22)2)38-31-29(21-34-38)28(32(39)33-12-13-37-16-14-36(3)15-17-37)20-30(35-31)26-10-9-24-6-4-5-7-25(24)19-26/h4-11,18-21H,12-17H2,1-3H3,(H,33,39). The van der Waals surface area contributed by atoms with Gasteiger partial charge in [-0.1, -0.05) is 42.5 Å². The van der Waals surface area contributed by atoms with Gasteiger partial charge in [-0.25, -0.2) is 9.67 Å². The normalized spacial score (nSPS) is 14.7. The largest absolute Gasteiger partial charge is 0.351 e. The molecule has 6 rings (SSSR count). The lowest BCUT2D eigenvalue weighted by molar-refractivity contribution is 0.0942. The minimum atomic E-state index is -0.0989. The molecule has 2 aromatic heterocycles. The van der Waals surface area contributed by atoms with Crippen molar-refractivity contribution in [1.82, 2.24) is 29.9 Å². The monoisotopic (exact) mass is 518 g/mol. The number of nitrogens with one attached hydrogen (secondary N) is 1. The summed E-state index contributed by atoms with van der Waals surface area (Å²) in [7, 11) is 2.15. The van der Waals surface area contributed by atoms with Gasteiger partial charge < -0.3 is 10.2 Å². The van der Waals surface area contributed by atoms with Crippen LogP contribution in [0.1, 0.15) is 21.5 Å². The van der Waals surface area contributed by atoms with Crippen LogP contribution in [0.2, 0.25) is 0 Å². The SMILES string of the molecule is Cc1ccc(-n2ncc3c(C(=O)NCCN4CCN(C)CC4)cc(-c4ccc5ccccc5c4)nc32)cc1C. The summed E-state index contributed by atoms with van der Waals surface area (Å²) in [6.07, 6.45) is 1.76. The van der Waals surface area contributed by atoms with Gasteiger partial charge in [0.25, 0.3) is 5.91 Å². The fourth-order valence-electron chi connectivity index (χ4n) is 5.23. The molecule has 0 saturated carbocycles.